The quantitative estimate of drug-likeness (QED) is 0.186. The molecule has 0 amide bonds. The standard InChI is InChI=1S/C28H24I2N2O6S/c1-5-10-38-25-17(11-18(29)14-20(25)30)13-23-26(33)32-24(19(27(34)35-4)15-31-28(32)39-23)16-8-9-21(36-6-2)22(12-16)37-7-3/h1,8-9,11-15,24H,6-7,10H2,2-4H3/b23-13+/t24-/m1/s1. The monoisotopic (exact) mass is 770 g/mol. The molecule has 1 aromatic heterocycles. The van der Waals surface area contributed by atoms with E-state index in [9.17, 15) is 9.59 Å². The van der Waals surface area contributed by atoms with Crippen molar-refractivity contribution < 1.29 is 23.7 Å². The van der Waals surface area contributed by atoms with Crippen LogP contribution >= 0.6 is 56.5 Å². The van der Waals surface area contributed by atoms with E-state index in [1.54, 1.807) is 18.2 Å². The smallest absolute Gasteiger partial charge is 0.337 e. The van der Waals surface area contributed by atoms with E-state index < -0.39 is 12.0 Å². The number of aromatic nitrogens is 1. The summed E-state index contributed by atoms with van der Waals surface area (Å²) in [6.07, 6.45) is 8.63. The van der Waals surface area contributed by atoms with Gasteiger partial charge in [-0.15, -0.1) is 6.42 Å². The molecule has 4 rings (SSSR count). The largest absolute Gasteiger partial charge is 0.490 e. The Morgan fingerprint density at radius 2 is 1.90 bits per heavy atom. The number of fused-ring (bicyclic) bond motifs is 1. The Bertz CT molecular complexity index is 1670. The van der Waals surface area contributed by atoms with Gasteiger partial charge in [0.25, 0.3) is 5.56 Å². The Balaban J connectivity index is 1.93. The van der Waals surface area contributed by atoms with Gasteiger partial charge >= 0.3 is 5.97 Å². The highest BCUT2D eigenvalue weighted by molar-refractivity contribution is 14.1. The fraction of sp³-hybridized carbons (Fsp3) is 0.250. The highest BCUT2D eigenvalue weighted by Crippen LogP contribution is 2.35. The van der Waals surface area contributed by atoms with E-state index in [0.717, 1.165) is 12.7 Å². The van der Waals surface area contributed by atoms with Crippen LogP contribution in [0.3, 0.4) is 0 Å². The summed E-state index contributed by atoms with van der Waals surface area (Å²) in [7, 11) is 1.30. The number of halogens is 2. The lowest BCUT2D eigenvalue weighted by Gasteiger charge is -2.23. The van der Waals surface area contributed by atoms with Gasteiger partial charge < -0.3 is 18.9 Å². The molecule has 2 heterocycles. The summed E-state index contributed by atoms with van der Waals surface area (Å²) >= 11 is 5.62. The first kappa shape index (κ1) is 29.2. The molecule has 0 aliphatic carbocycles. The van der Waals surface area contributed by atoms with Crippen LogP contribution in [0.1, 0.15) is 31.0 Å². The molecular formula is C28H24I2N2O6S. The zero-order valence-electron chi connectivity index (χ0n) is 21.3. The molecule has 0 N–H and O–H groups in total. The number of carbonyl (C=O) groups is 1. The molecule has 0 fully saturated rings. The molecule has 202 valence electrons. The van der Waals surface area contributed by atoms with Crippen LogP contribution in [-0.2, 0) is 9.53 Å². The molecule has 0 spiro atoms. The maximum absolute atomic E-state index is 13.9. The number of benzene rings is 2. The minimum absolute atomic E-state index is 0.0983. The van der Waals surface area contributed by atoms with E-state index in [1.807, 2.05) is 32.0 Å². The van der Waals surface area contributed by atoms with Crippen LogP contribution in [0.25, 0.3) is 6.08 Å². The van der Waals surface area contributed by atoms with Gasteiger partial charge in [-0.2, -0.15) is 0 Å². The van der Waals surface area contributed by atoms with Gasteiger partial charge in [0.15, 0.2) is 16.3 Å². The minimum atomic E-state index is -0.779. The van der Waals surface area contributed by atoms with Crippen molar-refractivity contribution in [3.63, 3.8) is 0 Å². The summed E-state index contributed by atoms with van der Waals surface area (Å²) in [4.78, 5) is 31.6. The molecule has 1 atom stereocenters. The van der Waals surface area contributed by atoms with Crippen LogP contribution < -0.4 is 29.1 Å². The number of ether oxygens (including phenoxy) is 4. The Hall–Kier alpha value is -2.83. The molecule has 3 aromatic rings. The van der Waals surface area contributed by atoms with Crippen LogP contribution in [0.5, 0.6) is 17.2 Å². The van der Waals surface area contributed by atoms with Crippen molar-refractivity contribution in [3.05, 3.63) is 80.1 Å². The number of terminal acetylenes is 1. The van der Waals surface area contributed by atoms with E-state index in [1.165, 1.54) is 29.2 Å². The van der Waals surface area contributed by atoms with Gasteiger partial charge in [-0.05, 0) is 94.9 Å². The maximum atomic E-state index is 13.9. The second kappa shape index (κ2) is 13.0. The Kier molecular flexibility index (Phi) is 9.73. The lowest BCUT2D eigenvalue weighted by molar-refractivity contribution is -0.136. The maximum Gasteiger partial charge on any atom is 0.337 e. The van der Waals surface area contributed by atoms with Crippen molar-refractivity contribution in [2.24, 2.45) is 4.99 Å². The summed E-state index contributed by atoms with van der Waals surface area (Å²) in [5, 5.41) is 0. The van der Waals surface area contributed by atoms with Crippen molar-refractivity contribution in [1.29, 1.82) is 0 Å². The molecule has 0 saturated heterocycles. The molecule has 2 aromatic carbocycles. The molecule has 0 unspecified atom stereocenters. The van der Waals surface area contributed by atoms with Crippen molar-refractivity contribution in [2.75, 3.05) is 26.9 Å². The SMILES string of the molecule is C#CCOc1c(I)cc(I)cc1/C=c1/sc2n(c1=O)[C@H](c1ccc(OCC)c(OCC)c1)C(C(=O)OC)=CN=2. The van der Waals surface area contributed by atoms with Gasteiger partial charge in [-0.1, -0.05) is 23.3 Å². The third-order valence-electron chi connectivity index (χ3n) is 5.63. The summed E-state index contributed by atoms with van der Waals surface area (Å²) in [6, 6.07) is 8.48. The minimum Gasteiger partial charge on any atom is -0.490 e. The summed E-state index contributed by atoms with van der Waals surface area (Å²) in [6.45, 7) is 4.74. The molecule has 39 heavy (non-hydrogen) atoms. The van der Waals surface area contributed by atoms with E-state index in [0.29, 0.717) is 45.4 Å². The fourth-order valence-electron chi connectivity index (χ4n) is 4.08. The highest BCUT2D eigenvalue weighted by Gasteiger charge is 2.31. The molecule has 8 nitrogen and oxygen atoms in total. The van der Waals surface area contributed by atoms with Crippen molar-refractivity contribution in [1.82, 2.24) is 4.57 Å². The number of hydrogen-bond donors (Lipinski definition) is 0. The van der Waals surface area contributed by atoms with Crippen LogP contribution in [0.4, 0.5) is 0 Å². The molecule has 0 saturated carbocycles. The van der Waals surface area contributed by atoms with Crippen molar-refractivity contribution in [3.8, 4) is 29.6 Å². The first-order chi connectivity index (χ1) is 18.8. The van der Waals surface area contributed by atoms with Crippen molar-refractivity contribution >= 4 is 68.6 Å². The third-order valence-corrected chi connectivity index (χ3v) is 8.05. The van der Waals surface area contributed by atoms with Gasteiger partial charge in [0.05, 0.1) is 40.0 Å². The van der Waals surface area contributed by atoms with Crippen LogP contribution in [0.2, 0.25) is 0 Å². The predicted molar refractivity (Wildman–Crippen MR) is 166 cm³/mol. The Labute approximate surface area is 256 Å². The lowest BCUT2D eigenvalue weighted by atomic mass is 9.97. The number of thiazole rings is 1. The van der Waals surface area contributed by atoms with Crippen LogP contribution in [0.15, 0.2) is 51.9 Å². The van der Waals surface area contributed by atoms with E-state index in [4.69, 9.17) is 25.4 Å². The highest BCUT2D eigenvalue weighted by atomic mass is 127. The average molecular weight is 770 g/mol. The van der Waals surface area contributed by atoms with E-state index >= 15 is 0 Å². The number of nitrogens with zero attached hydrogens (tertiary/aromatic N) is 2. The number of esters is 1. The molecule has 0 bridgehead atoms. The zero-order valence-corrected chi connectivity index (χ0v) is 26.5. The molecular weight excluding hydrogens is 746 g/mol. The topological polar surface area (TPSA) is 88.3 Å². The van der Waals surface area contributed by atoms with Gasteiger partial charge in [-0.25, -0.2) is 9.79 Å². The molecule has 0 radical (unpaired) electrons. The van der Waals surface area contributed by atoms with Gasteiger partial charge in [-0.3, -0.25) is 9.36 Å². The van der Waals surface area contributed by atoms with E-state index in [-0.39, 0.29) is 17.7 Å². The van der Waals surface area contributed by atoms with Gasteiger partial charge in [0.2, 0.25) is 0 Å². The predicted octanol–water partition coefficient (Wildman–Crippen LogP) is 4.04. The number of rotatable bonds is 9. The molecule has 1 aliphatic heterocycles. The zero-order chi connectivity index (χ0) is 28.1. The van der Waals surface area contributed by atoms with Crippen molar-refractivity contribution in [2.45, 2.75) is 19.9 Å². The summed E-state index contributed by atoms with van der Waals surface area (Å²) in [5.41, 5.74) is 1.30. The van der Waals surface area contributed by atoms with Gasteiger partial charge in [0, 0.05) is 15.3 Å². The average Bonchev–Trinajstić information content (AvgIpc) is 3.23. The number of methoxy groups -OCH3 is 1. The molecule has 1 aliphatic rings. The molecule has 11 heteroatoms. The first-order valence-corrected chi connectivity index (χ1v) is 14.8. The van der Waals surface area contributed by atoms with Gasteiger partial charge in [0.1, 0.15) is 12.4 Å². The fourth-order valence-corrected chi connectivity index (χ4v) is 7.09. The lowest BCUT2D eigenvalue weighted by Crippen LogP contribution is -2.39. The second-order valence-electron chi connectivity index (χ2n) is 8.05. The first-order valence-electron chi connectivity index (χ1n) is 11.9. The van der Waals surface area contributed by atoms with E-state index in [2.05, 4.69) is 56.1 Å². The normalized spacial score (nSPS) is 14.5. The number of carbonyl (C=O) groups excluding carboxylic acids is 1. The number of hydrogen-bond acceptors (Lipinski definition) is 8. The Morgan fingerprint density at radius 1 is 1.15 bits per heavy atom. The summed E-state index contributed by atoms with van der Waals surface area (Å²) < 4.78 is 26.1. The summed E-state index contributed by atoms with van der Waals surface area (Å²) in [5.74, 6) is 3.59. The van der Waals surface area contributed by atoms with Crippen LogP contribution in [0, 0.1) is 19.5 Å². The second-order valence-corrected chi connectivity index (χ2v) is 11.5. The van der Waals surface area contributed by atoms with Crippen LogP contribution in [-0.4, -0.2) is 37.5 Å². The third kappa shape index (κ3) is 6.17. The Morgan fingerprint density at radius 3 is 2.59 bits per heavy atom.